The highest BCUT2D eigenvalue weighted by atomic mass is 35.5. The Labute approximate surface area is 121 Å². The predicted molar refractivity (Wildman–Crippen MR) is 80.0 cm³/mol. The van der Waals surface area contributed by atoms with E-state index in [-0.39, 0.29) is 18.3 Å². The van der Waals surface area contributed by atoms with Gasteiger partial charge in [0.25, 0.3) is 0 Å². The third kappa shape index (κ3) is 6.45. The van der Waals surface area contributed by atoms with Crippen molar-refractivity contribution in [2.45, 2.75) is 26.7 Å². The minimum atomic E-state index is 0. The van der Waals surface area contributed by atoms with Gasteiger partial charge in [0.1, 0.15) is 5.75 Å². The number of nitrogens with two attached hydrogens (primary N) is 1. The summed E-state index contributed by atoms with van der Waals surface area (Å²) in [6.07, 6.45) is 1.18. The highest BCUT2D eigenvalue weighted by Gasteiger charge is 2.04. The van der Waals surface area contributed by atoms with E-state index in [2.05, 4.69) is 5.32 Å². The normalized spacial score (nSPS) is 9.63. The van der Waals surface area contributed by atoms with Crippen molar-refractivity contribution < 1.29 is 9.53 Å². The van der Waals surface area contributed by atoms with Gasteiger partial charge in [-0.3, -0.25) is 4.79 Å². The van der Waals surface area contributed by atoms with Crippen LogP contribution in [0.4, 0.5) is 0 Å². The average Bonchev–Trinajstić information content (AvgIpc) is 2.35. The van der Waals surface area contributed by atoms with E-state index in [1.165, 1.54) is 5.56 Å². The van der Waals surface area contributed by atoms with Crippen molar-refractivity contribution in [2.24, 2.45) is 5.73 Å². The van der Waals surface area contributed by atoms with Crippen LogP contribution < -0.4 is 15.8 Å². The van der Waals surface area contributed by atoms with Crippen LogP contribution in [0, 0.1) is 13.8 Å². The Bertz CT molecular complexity index is 397. The van der Waals surface area contributed by atoms with E-state index >= 15 is 0 Å². The van der Waals surface area contributed by atoms with Crippen LogP contribution in [0.2, 0.25) is 0 Å². The molecule has 0 aliphatic rings. The fourth-order valence-corrected chi connectivity index (χ4v) is 1.55. The molecule has 0 saturated carbocycles. The molecule has 0 aliphatic heterocycles. The zero-order valence-electron chi connectivity index (χ0n) is 11.6. The van der Waals surface area contributed by atoms with Gasteiger partial charge in [-0.2, -0.15) is 0 Å². The highest BCUT2D eigenvalue weighted by molar-refractivity contribution is 5.85. The number of rotatable bonds is 7. The number of carbonyl (C=O) groups excluding carboxylic acids is 1. The molecular formula is C14H23ClN2O2. The van der Waals surface area contributed by atoms with Gasteiger partial charge in [0, 0.05) is 6.54 Å². The number of halogens is 1. The van der Waals surface area contributed by atoms with Crippen molar-refractivity contribution in [3.05, 3.63) is 29.3 Å². The molecule has 1 aromatic carbocycles. The smallest absolute Gasteiger partial charge is 0.223 e. The minimum Gasteiger partial charge on any atom is -0.493 e. The maximum Gasteiger partial charge on any atom is 0.223 e. The van der Waals surface area contributed by atoms with Crippen molar-refractivity contribution in [3.8, 4) is 5.75 Å². The van der Waals surface area contributed by atoms with E-state index in [9.17, 15) is 4.79 Å². The number of amides is 1. The van der Waals surface area contributed by atoms with Crippen LogP contribution in [0.15, 0.2) is 18.2 Å². The lowest BCUT2D eigenvalue weighted by Crippen LogP contribution is -2.27. The van der Waals surface area contributed by atoms with Crippen molar-refractivity contribution in [3.63, 3.8) is 0 Å². The third-order valence-corrected chi connectivity index (χ3v) is 2.84. The number of nitrogens with one attached hydrogen (secondary N) is 1. The number of benzene rings is 1. The summed E-state index contributed by atoms with van der Waals surface area (Å²) in [5.41, 5.74) is 7.67. The molecule has 5 heteroatoms. The summed E-state index contributed by atoms with van der Waals surface area (Å²) in [6.45, 7) is 5.70. The Kier molecular flexibility index (Phi) is 9.00. The van der Waals surface area contributed by atoms with Crippen LogP contribution in [-0.4, -0.2) is 25.6 Å². The first kappa shape index (κ1) is 17.7. The van der Waals surface area contributed by atoms with E-state index in [1.54, 1.807) is 0 Å². The Balaban J connectivity index is 0.00000324. The van der Waals surface area contributed by atoms with E-state index in [0.29, 0.717) is 26.1 Å². The first-order chi connectivity index (χ1) is 8.65. The first-order valence-corrected chi connectivity index (χ1v) is 6.31. The highest BCUT2D eigenvalue weighted by Crippen LogP contribution is 2.20. The zero-order valence-corrected chi connectivity index (χ0v) is 12.4. The van der Waals surface area contributed by atoms with Gasteiger partial charge in [-0.1, -0.05) is 12.1 Å². The molecule has 0 spiro atoms. The molecule has 1 amide bonds. The van der Waals surface area contributed by atoms with E-state index in [1.807, 2.05) is 32.0 Å². The van der Waals surface area contributed by atoms with Crippen LogP contribution >= 0.6 is 12.4 Å². The molecule has 0 unspecified atom stereocenters. The molecule has 0 saturated heterocycles. The Morgan fingerprint density at radius 1 is 1.37 bits per heavy atom. The van der Waals surface area contributed by atoms with Crippen molar-refractivity contribution >= 4 is 18.3 Å². The third-order valence-electron chi connectivity index (χ3n) is 2.84. The quantitative estimate of drug-likeness (QED) is 0.753. The topological polar surface area (TPSA) is 64.3 Å². The molecule has 0 atom stereocenters. The van der Waals surface area contributed by atoms with Crippen LogP contribution in [0.1, 0.15) is 24.0 Å². The Hall–Kier alpha value is -1.26. The molecule has 0 radical (unpaired) electrons. The monoisotopic (exact) mass is 286 g/mol. The summed E-state index contributed by atoms with van der Waals surface area (Å²) < 4.78 is 5.61. The standard InChI is InChI=1S/C14H22N2O2.ClH/c1-11-5-3-6-13(12(11)2)18-10-7-14(17)16-9-4-8-15;/h3,5-6H,4,7-10,15H2,1-2H3,(H,16,17);1H. The second-order valence-electron chi connectivity index (χ2n) is 4.29. The largest absolute Gasteiger partial charge is 0.493 e. The number of aryl methyl sites for hydroxylation is 1. The lowest BCUT2D eigenvalue weighted by atomic mass is 10.1. The summed E-state index contributed by atoms with van der Waals surface area (Å²) in [5.74, 6) is 0.860. The second-order valence-corrected chi connectivity index (χ2v) is 4.29. The number of carbonyl (C=O) groups is 1. The van der Waals surface area contributed by atoms with Gasteiger partial charge in [0.2, 0.25) is 5.91 Å². The molecule has 1 rings (SSSR count). The molecule has 0 bridgehead atoms. The molecule has 0 aromatic heterocycles. The van der Waals surface area contributed by atoms with Crippen LogP contribution in [-0.2, 0) is 4.79 Å². The van der Waals surface area contributed by atoms with Gasteiger partial charge in [-0.15, -0.1) is 12.4 Å². The van der Waals surface area contributed by atoms with Gasteiger partial charge in [0.05, 0.1) is 13.0 Å². The Morgan fingerprint density at radius 3 is 2.79 bits per heavy atom. The summed E-state index contributed by atoms with van der Waals surface area (Å²) in [5, 5.41) is 2.80. The predicted octanol–water partition coefficient (Wildman–Crippen LogP) is 1.96. The number of hydrogen-bond acceptors (Lipinski definition) is 3. The fourth-order valence-electron chi connectivity index (χ4n) is 1.55. The minimum absolute atomic E-state index is 0. The lowest BCUT2D eigenvalue weighted by Gasteiger charge is -2.10. The summed E-state index contributed by atoms with van der Waals surface area (Å²) in [7, 11) is 0. The van der Waals surface area contributed by atoms with Gasteiger partial charge < -0.3 is 15.8 Å². The summed E-state index contributed by atoms with van der Waals surface area (Å²) >= 11 is 0. The molecule has 0 heterocycles. The van der Waals surface area contributed by atoms with E-state index in [0.717, 1.165) is 17.7 Å². The van der Waals surface area contributed by atoms with Crippen LogP contribution in [0.3, 0.4) is 0 Å². The fraction of sp³-hybridized carbons (Fsp3) is 0.500. The summed E-state index contributed by atoms with van der Waals surface area (Å²) in [4.78, 5) is 11.4. The molecule has 0 fully saturated rings. The van der Waals surface area contributed by atoms with Crippen molar-refractivity contribution in [1.82, 2.24) is 5.32 Å². The van der Waals surface area contributed by atoms with Gasteiger partial charge in [-0.05, 0) is 44.0 Å². The van der Waals surface area contributed by atoms with E-state index in [4.69, 9.17) is 10.5 Å². The second kappa shape index (κ2) is 9.64. The summed E-state index contributed by atoms with van der Waals surface area (Å²) in [6, 6.07) is 5.93. The number of ether oxygens (including phenoxy) is 1. The average molecular weight is 287 g/mol. The lowest BCUT2D eigenvalue weighted by molar-refractivity contribution is -0.121. The van der Waals surface area contributed by atoms with Crippen molar-refractivity contribution in [2.75, 3.05) is 19.7 Å². The van der Waals surface area contributed by atoms with E-state index < -0.39 is 0 Å². The van der Waals surface area contributed by atoms with Crippen LogP contribution in [0.25, 0.3) is 0 Å². The van der Waals surface area contributed by atoms with Gasteiger partial charge in [-0.25, -0.2) is 0 Å². The molecule has 0 aliphatic carbocycles. The number of hydrogen-bond donors (Lipinski definition) is 2. The molecule has 1 aromatic rings. The first-order valence-electron chi connectivity index (χ1n) is 6.31. The van der Waals surface area contributed by atoms with Crippen molar-refractivity contribution in [1.29, 1.82) is 0 Å². The van der Waals surface area contributed by atoms with Gasteiger partial charge in [0.15, 0.2) is 0 Å². The molecule has 4 nitrogen and oxygen atoms in total. The SMILES string of the molecule is Cc1cccc(OCCC(=O)NCCCN)c1C.Cl. The zero-order chi connectivity index (χ0) is 13.4. The molecule has 3 N–H and O–H groups in total. The maximum atomic E-state index is 11.4. The maximum absolute atomic E-state index is 11.4. The molecule has 108 valence electrons. The van der Waals surface area contributed by atoms with Gasteiger partial charge >= 0.3 is 0 Å². The molecular weight excluding hydrogens is 264 g/mol. The molecule has 19 heavy (non-hydrogen) atoms. The Morgan fingerprint density at radius 2 is 2.11 bits per heavy atom. The van der Waals surface area contributed by atoms with Crippen LogP contribution in [0.5, 0.6) is 5.75 Å².